The van der Waals surface area contributed by atoms with Crippen LogP contribution in [0.15, 0.2) is 10.8 Å². The van der Waals surface area contributed by atoms with E-state index in [2.05, 4.69) is 26.6 Å². The van der Waals surface area contributed by atoms with Crippen LogP contribution in [0.5, 0.6) is 0 Å². The van der Waals surface area contributed by atoms with Gasteiger partial charge in [0.05, 0.1) is 4.61 Å². The van der Waals surface area contributed by atoms with E-state index in [-0.39, 0.29) is 6.17 Å². The third-order valence-corrected chi connectivity index (χ3v) is 2.31. The molecule has 0 fully saturated rings. The Morgan fingerprint density at radius 2 is 2.54 bits per heavy atom. The molecule has 76 valence electrons. The van der Waals surface area contributed by atoms with Gasteiger partial charge >= 0.3 is 0 Å². The van der Waals surface area contributed by atoms with Gasteiger partial charge in [0, 0.05) is 26.3 Å². The van der Waals surface area contributed by atoms with Crippen LogP contribution in [0, 0.1) is 0 Å². The molecule has 0 aliphatic carbocycles. The zero-order chi connectivity index (χ0) is 9.84. The van der Waals surface area contributed by atoms with Gasteiger partial charge in [-0.05, 0) is 22.9 Å². The Kier molecular flexibility index (Phi) is 3.99. The van der Waals surface area contributed by atoms with Crippen LogP contribution in [0.1, 0.15) is 6.92 Å². The fraction of sp³-hybridized carbons (Fsp3) is 0.750. The maximum Gasteiger partial charge on any atom is 0.112 e. The van der Waals surface area contributed by atoms with Crippen LogP contribution < -0.4 is 10.6 Å². The van der Waals surface area contributed by atoms with E-state index in [1.54, 1.807) is 6.92 Å². The van der Waals surface area contributed by atoms with Crippen molar-refractivity contribution in [2.24, 2.45) is 0 Å². The lowest BCUT2D eigenvalue weighted by molar-refractivity contribution is 0.292. The molecule has 1 heterocycles. The molecule has 3 nitrogen and oxygen atoms in total. The highest BCUT2D eigenvalue weighted by Gasteiger charge is 2.18. The zero-order valence-electron chi connectivity index (χ0n) is 7.85. The molecule has 0 amide bonds. The lowest BCUT2D eigenvalue weighted by Crippen LogP contribution is -2.43. The summed E-state index contributed by atoms with van der Waals surface area (Å²) in [5.74, 6) is 0. The van der Waals surface area contributed by atoms with E-state index in [4.69, 9.17) is 0 Å². The Balaban J connectivity index is 2.17. The Morgan fingerprint density at radius 3 is 3.00 bits per heavy atom. The highest BCUT2D eigenvalue weighted by atomic mass is 79.9. The van der Waals surface area contributed by atoms with Gasteiger partial charge in [0.25, 0.3) is 0 Å². The standard InChI is InChI=1S/C8H15BrFN3/c1-6(10)3-11-4-8-12-7(9)5-13(8)2/h5-6,8,11-12H,3-4H2,1-2H3. The second kappa shape index (κ2) is 4.81. The lowest BCUT2D eigenvalue weighted by atomic mass is 10.4. The highest BCUT2D eigenvalue weighted by molar-refractivity contribution is 9.11. The molecule has 1 aliphatic rings. The van der Waals surface area contributed by atoms with Crippen molar-refractivity contribution in [2.75, 3.05) is 20.1 Å². The van der Waals surface area contributed by atoms with E-state index in [0.29, 0.717) is 6.54 Å². The summed E-state index contributed by atoms with van der Waals surface area (Å²) in [6, 6.07) is 0. The topological polar surface area (TPSA) is 27.3 Å². The summed E-state index contributed by atoms with van der Waals surface area (Å²) >= 11 is 3.35. The molecule has 0 bridgehead atoms. The molecule has 1 aliphatic heterocycles. The molecule has 0 spiro atoms. The Hall–Kier alpha value is -0.290. The van der Waals surface area contributed by atoms with Gasteiger partial charge in [0.1, 0.15) is 12.3 Å². The molecule has 5 heteroatoms. The van der Waals surface area contributed by atoms with Crippen molar-refractivity contribution < 1.29 is 4.39 Å². The number of likely N-dealkylation sites (N-methyl/N-ethyl adjacent to an activating group) is 1. The van der Waals surface area contributed by atoms with E-state index in [1.165, 1.54) is 0 Å². The van der Waals surface area contributed by atoms with Crippen LogP contribution in [0.4, 0.5) is 4.39 Å². The van der Waals surface area contributed by atoms with Gasteiger partial charge < -0.3 is 15.5 Å². The molecule has 0 saturated heterocycles. The molecule has 2 atom stereocenters. The second-order valence-corrected chi connectivity index (χ2v) is 4.10. The maximum absolute atomic E-state index is 12.4. The maximum atomic E-state index is 12.4. The quantitative estimate of drug-likeness (QED) is 0.730. The summed E-state index contributed by atoms with van der Waals surface area (Å²) in [5, 5.41) is 6.24. The smallest absolute Gasteiger partial charge is 0.112 e. The highest BCUT2D eigenvalue weighted by Crippen LogP contribution is 2.12. The molecule has 2 N–H and O–H groups in total. The van der Waals surface area contributed by atoms with E-state index in [9.17, 15) is 4.39 Å². The fourth-order valence-electron chi connectivity index (χ4n) is 1.18. The Labute approximate surface area is 86.5 Å². The Morgan fingerprint density at radius 1 is 1.85 bits per heavy atom. The third-order valence-electron chi connectivity index (χ3n) is 1.88. The summed E-state index contributed by atoms with van der Waals surface area (Å²) in [7, 11) is 1.98. The first-order valence-corrected chi connectivity index (χ1v) is 5.09. The third kappa shape index (κ3) is 3.52. The minimum absolute atomic E-state index is 0.216. The van der Waals surface area contributed by atoms with E-state index in [1.807, 2.05) is 18.1 Å². The number of nitrogens with zero attached hydrogens (tertiary/aromatic N) is 1. The van der Waals surface area contributed by atoms with Gasteiger partial charge in [-0.25, -0.2) is 4.39 Å². The largest absolute Gasteiger partial charge is 0.357 e. The summed E-state index contributed by atoms with van der Waals surface area (Å²) in [5.41, 5.74) is 0. The number of alkyl halides is 1. The van der Waals surface area contributed by atoms with Crippen molar-refractivity contribution in [3.63, 3.8) is 0 Å². The number of hydrogen-bond acceptors (Lipinski definition) is 3. The molecule has 1 rings (SSSR count). The van der Waals surface area contributed by atoms with Gasteiger partial charge in [-0.3, -0.25) is 0 Å². The van der Waals surface area contributed by atoms with Crippen LogP contribution in [-0.4, -0.2) is 37.4 Å². The van der Waals surface area contributed by atoms with Crippen LogP contribution >= 0.6 is 15.9 Å². The monoisotopic (exact) mass is 251 g/mol. The average molecular weight is 252 g/mol. The first-order chi connectivity index (χ1) is 6.09. The van der Waals surface area contributed by atoms with Crippen molar-refractivity contribution in [3.8, 4) is 0 Å². The van der Waals surface area contributed by atoms with Crippen molar-refractivity contribution in [1.29, 1.82) is 0 Å². The molecule has 0 saturated carbocycles. The predicted octanol–water partition coefficient (Wildman–Crippen LogP) is 0.989. The molecule has 2 unspecified atom stereocenters. The Bertz CT molecular complexity index is 196. The summed E-state index contributed by atoms with van der Waals surface area (Å²) < 4.78 is 13.4. The van der Waals surface area contributed by atoms with Crippen LogP contribution in [0.3, 0.4) is 0 Å². The summed E-state index contributed by atoms with van der Waals surface area (Å²) in [6.07, 6.45) is 1.39. The SMILES string of the molecule is CC(F)CNCC1NC(Br)=CN1C. The fourth-order valence-corrected chi connectivity index (χ4v) is 1.77. The minimum Gasteiger partial charge on any atom is -0.357 e. The zero-order valence-corrected chi connectivity index (χ0v) is 9.44. The average Bonchev–Trinajstić information content (AvgIpc) is 2.29. The molecule has 13 heavy (non-hydrogen) atoms. The first kappa shape index (κ1) is 10.8. The summed E-state index contributed by atoms with van der Waals surface area (Å²) in [4.78, 5) is 2.04. The molecule has 0 aromatic rings. The van der Waals surface area contributed by atoms with Crippen molar-refractivity contribution in [2.45, 2.75) is 19.3 Å². The number of hydrogen-bond donors (Lipinski definition) is 2. The second-order valence-electron chi connectivity index (χ2n) is 3.24. The van der Waals surface area contributed by atoms with E-state index < -0.39 is 6.17 Å². The van der Waals surface area contributed by atoms with Crippen molar-refractivity contribution >= 4 is 15.9 Å². The molecular weight excluding hydrogens is 237 g/mol. The van der Waals surface area contributed by atoms with Crippen LogP contribution in [0.25, 0.3) is 0 Å². The van der Waals surface area contributed by atoms with Crippen molar-refractivity contribution in [3.05, 3.63) is 10.8 Å². The lowest BCUT2D eigenvalue weighted by Gasteiger charge is -2.21. The molecule has 0 aromatic carbocycles. The minimum atomic E-state index is -0.789. The van der Waals surface area contributed by atoms with Gasteiger partial charge in [0.2, 0.25) is 0 Å². The van der Waals surface area contributed by atoms with Gasteiger partial charge in [-0.1, -0.05) is 0 Å². The number of nitrogens with one attached hydrogen (secondary N) is 2. The summed E-state index contributed by atoms with van der Waals surface area (Å²) in [6.45, 7) is 2.69. The van der Waals surface area contributed by atoms with Gasteiger partial charge in [0.15, 0.2) is 0 Å². The predicted molar refractivity (Wildman–Crippen MR) is 55.1 cm³/mol. The number of rotatable bonds is 4. The van der Waals surface area contributed by atoms with Gasteiger partial charge in [-0.2, -0.15) is 0 Å². The van der Waals surface area contributed by atoms with Crippen LogP contribution in [0.2, 0.25) is 0 Å². The van der Waals surface area contributed by atoms with Gasteiger partial charge in [-0.15, -0.1) is 0 Å². The normalized spacial score (nSPS) is 24.2. The van der Waals surface area contributed by atoms with E-state index in [0.717, 1.165) is 11.2 Å². The molecule has 0 radical (unpaired) electrons. The first-order valence-electron chi connectivity index (χ1n) is 4.30. The van der Waals surface area contributed by atoms with Crippen molar-refractivity contribution in [1.82, 2.24) is 15.5 Å². The molecule has 0 aromatic heterocycles. The molecular formula is C8H15BrFN3. The van der Waals surface area contributed by atoms with Crippen LogP contribution in [-0.2, 0) is 0 Å². The number of halogens is 2. The van der Waals surface area contributed by atoms with E-state index >= 15 is 0 Å².